The Labute approximate surface area is 195 Å². The maximum atomic E-state index is 13.2. The largest absolute Gasteiger partial charge is 0.496 e. The van der Waals surface area contributed by atoms with Crippen molar-refractivity contribution >= 4 is 62.5 Å². The van der Waals surface area contributed by atoms with Crippen LogP contribution in [0.4, 0.5) is 11.4 Å². The highest BCUT2D eigenvalue weighted by Crippen LogP contribution is 2.36. The number of imide groups is 1. The SMILES string of the molecule is COc1cc(NC(=O)C(C)N2C(=O)c3cccc4c([N+](=O)[O-])ccc(c34)C2=O)ccc1I. The molecule has 3 aromatic carbocycles. The van der Waals surface area contributed by atoms with Crippen molar-refractivity contribution in [3.05, 3.63) is 73.3 Å². The second-order valence-corrected chi connectivity index (χ2v) is 8.27. The molecule has 32 heavy (non-hydrogen) atoms. The maximum absolute atomic E-state index is 13.2. The van der Waals surface area contributed by atoms with Gasteiger partial charge in [0, 0.05) is 34.3 Å². The fourth-order valence-corrected chi connectivity index (χ4v) is 4.27. The third-order valence-corrected chi connectivity index (χ3v) is 6.19. The molecule has 0 spiro atoms. The number of halogens is 1. The molecule has 1 heterocycles. The number of nitrogens with one attached hydrogen (secondary N) is 1. The van der Waals surface area contributed by atoms with Crippen LogP contribution in [-0.4, -0.2) is 40.7 Å². The van der Waals surface area contributed by atoms with Crippen molar-refractivity contribution in [3.8, 4) is 5.75 Å². The molecule has 1 N–H and O–H groups in total. The summed E-state index contributed by atoms with van der Waals surface area (Å²) < 4.78 is 6.11. The normalized spacial score (nSPS) is 13.8. The summed E-state index contributed by atoms with van der Waals surface area (Å²) in [6, 6.07) is 11.0. The fourth-order valence-electron chi connectivity index (χ4n) is 3.71. The number of hydrogen-bond acceptors (Lipinski definition) is 6. The molecule has 162 valence electrons. The van der Waals surface area contributed by atoms with Gasteiger partial charge in [-0.3, -0.25) is 29.4 Å². The van der Waals surface area contributed by atoms with Crippen LogP contribution < -0.4 is 10.1 Å². The third kappa shape index (κ3) is 3.45. The zero-order valence-electron chi connectivity index (χ0n) is 16.9. The van der Waals surface area contributed by atoms with Gasteiger partial charge in [0.15, 0.2) is 0 Å². The van der Waals surface area contributed by atoms with Crippen LogP contribution in [0, 0.1) is 13.7 Å². The molecule has 0 radical (unpaired) electrons. The lowest BCUT2D eigenvalue weighted by Crippen LogP contribution is -2.50. The van der Waals surface area contributed by atoms with Gasteiger partial charge in [-0.1, -0.05) is 6.07 Å². The summed E-state index contributed by atoms with van der Waals surface area (Å²) in [7, 11) is 1.51. The number of nitro benzene ring substituents is 1. The van der Waals surface area contributed by atoms with Crippen molar-refractivity contribution in [1.29, 1.82) is 0 Å². The predicted octanol–water partition coefficient (Wildman–Crippen LogP) is 3.98. The smallest absolute Gasteiger partial charge is 0.277 e. The summed E-state index contributed by atoms with van der Waals surface area (Å²) in [6.45, 7) is 1.45. The van der Waals surface area contributed by atoms with Gasteiger partial charge in [-0.2, -0.15) is 0 Å². The number of nitrogens with zero attached hydrogens (tertiary/aromatic N) is 2. The molecule has 1 aliphatic heterocycles. The van der Waals surface area contributed by atoms with Crippen LogP contribution in [0.15, 0.2) is 48.5 Å². The first-order chi connectivity index (χ1) is 15.2. The minimum Gasteiger partial charge on any atom is -0.496 e. The molecule has 1 atom stereocenters. The van der Waals surface area contributed by atoms with Gasteiger partial charge in [0.25, 0.3) is 17.5 Å². The molecule has 1 aliphatic rings. The van der Waals surface area contributed by atoms with Gasteiger partial charge in [0.05, 0.1) is 21.0 Å². The number of nitro groups is 1. The highest BCUT2D eigenvalue weighted by atomic mass is 127. The average Bonchev–Trinajstić information content (AvgIpc) is 2.78. The molecule has 0 saturated carbocycles. The fraction of sp³-hybridized carbons (Fsp3) is 0.136. The first-order valence-electron chi connectivity index (χ1n) is 9.47. The Balaban J connectivity index is 1.70. The van der Waals surface area contributed by atoms with Crippen molar-refractivity contribution in [1.82, 2.24) is 4.90 Å². The second-order valence-electron chi connectivity index (χ2n) is 7.11. The number of benzene rings is 3. The standard InChI is InChI=1S/C22H16IN3O6/c1-11(20(27)24-12-6-8-16(23)18(10-12)32-2)25-21(28)14-5-3-4-13-17(26(30)31)9-7-15(19(13)14)22(25)29/h3-11H,1-2H3,(H,24,27). The number of amides is 3. The van der Waals surface area contributed by atoms with E-state index in [1.165, 1.54) is 44.4 Å². The van der Waals surface area contributed by atoms with Crippen LogP contribution in [0.3, 0.4) is 0 Å². The Hall–Kier alpha value is -3.54. The number of methoxy groups -OCH3 is 1. The van der Waals surface area contributed by atoms with Crippen LogP contribution in [0.2, 0.25) is 0 Å². The molecule has 0 aliphatic carbocycles. The lowest BCUT2D eigenvalue weighted by Gasteiger charge is -2.31. The summed E-state index contributed by atoms with van der Waals surface area (Å²) in [5, 5.41) is 14.5. The van der Waals surface area contributed by atoms with Crippen molar-refractivity contribution in [2.75, 3.05) is 12.4 Å². The van der Waals surface area contributed by atoms with Crippen LogP contribution in [0.25, 0.3) is 10.8 Å². The minimum absolute atomic E-state index is 0.136. The van der Waals surface area contributed by atoms with E-state index in [1.54, 1.807) is 18.2 Å². The third-order valence-electron chi connectivity index (χ3n) is 5.30. The first-order valence-corrected chi connectivity index (χ1v) is 10.5. The van der Waals surface area contributed by atoms with E-state index in [9.17, 15) is 24.5 Å². The molecule has 10 heteroatoms. The van der Waals surface area contributed by atoms with Crippen molar-refractivity contribution in [2.45, 2.75) is 13.0 Å². The van der Waals surface area contributed by atoms with Crippen molar-refractivity contribution in [3.63, 3.8) is 0 Å². The Bertz CT molecular complexity index is 1300. The van der Waals surface area contributed by atoms with Crippen LogP contribution >= 0.6 is 22.6 Å². The van der Waals surface area contributed by atoms with Crippen molar-refractivity contribution in [2.24, 2.45) is 0 Å². The zero-order valence-corrected chi connectivity index (χ0v) is 19.1. The summed E-state index contributed by atoms with van der Waals surface area (Å²) in [5.41, 5.74) is 0.528. The van der Waals surface area contributed by atoms with Crippen molar-refractivity contribution < 1.29 is 24.0 Å². The van der Waals surface area contributed by atoms with E-state index in [2.05, 4.69) is 27.9 Å². The maximum Gasteiger partial charge on any atom is 0.277 e. The quantitative estimate of drug-likeness (QED) is 0.224. The summed E-state index contributed by atoms with van der Waals surface area (Å²) in [5.74, 6) is -1.36. The van der Waals surface area contributed by atoms with Gasteiger partial charge in [-0.15, -0.1) is 0 Å². The number of non-ortho nitro benzene ring substituents is 1. The van der Waals surface area contributed by atoms with E-state index >= 15 is 0 Å². The number of anilines is 1. The molecular weight excluding hydrogens is 529 g/mol. The Morgan fingerprint density at radius 2 is 1.81 bits per heavy atom. The molecule has 3 amide bonds. The average molecular weight is 545 g/mol. The second kappa shape index (κ2) is 8.19. The lowest BCUT2D eigenvalue weighted by atomic mass is 9.92. The topological polar surface area (TPSA) is 119 Å². The van der Waals surface area contributed by atoms with Gasteiger partial charge in [0.2, 0.25) is 5.91 Å². The van der Waals surface area contributed by atoms with E-state index < -0.39 is 28.7 Å². The van der Waals surface area contributed by atoms with Crippen LogP contribution in [0.5, 0.6) is 5.75 Å². The highest BCUT2D eigenvalue weighted by molar-refractivity contribution is 14.1. The molecule has 4 rings (SSSR count). The van der Waals surface area contributed by atoms with Gasteiger partial charge >= 0.3 is 0 Å². The highest BCUT2D eigenvalue weighted by Gasteiger charge is 2.39. The molecular formula is C22H16IN3O6. The van der Waals surface area contributed by atoms with Gasteiger partial charge < -0.3 is 10.1 Å². The van der Waals surface area contributed by atoms with E-state index in [-0.39, 0.29) is 27.6 Å². The van der Waals surface area contributed by atoms with Crippen LogP contribution in [-0.2, 0) is 4.79 Å². The molecule has 0 bridgehead atoms. The minimum atomic E-state index is -1.13. The van der Waals surface area contributed by atoms with Crippen LogP contribution in [0.1, 0.15) is 27.6 Å². The number of carbonyl (C=O) groups is 3. The van der Waals surface area contributed by atoms with Gasteiger partial charge in [-0.05, 0) is 59.8 Å². The first kappa shape index (κ1) is 21.7. The Morgan fingerprint density at radius 1 is 1.12 bits per heavy atom. The van der Waals surface area contributed by atoms with E-state index in [1.807, 2.05) is 0 Å². The number of hydrogen-bond donors (Lipinski definition) is 1. The Morgan fingerprint density at radius 3 is 2.47 bits per heavy atom. The van der Waals surface area contributed by atoms with Gasteiger partial charge in [0.1, 0.15) is 11.8 Å². The number of rotatable bonds is 5. The summed E-state index contributed by atoms with van der Waals surface area (Å²) >= 11 is 2.10. The van der Waals surface area contributed by atoms with E-state index in [0.29, 0.717) is 11.4 Å². The molecule has 1 unspecified atom stereocenters. The monoisotopic (exact) mass is 545 g/mol. The summed E-state index contributed by atoms with van der Waals surface area (Å²) in [4.78, 5) is 50.9. The molecule has 9 nitrogen and oxygen atoms in total. The van der Waals surface area contributed by atoms with Gasteiger partial charge in [-0.25, -0.2) is 0 Å². The van der Waals surface area contributed by atoms with E-state index in [0.717, 1.165) is 8.47 Å². The molecule has 3 aromatic rings. The number of ether oxygens (including phenoxy) is 1. The Kier molecular flexibility index (Phi) is 5.55. The molecule has 0 fully saturated rings. The molecule has 0 aromatic heterocycles. The molecule has 0 saturated heterocycles. The summed E-state index contributed by atoms with van der Waals surface area (Å²) in [6.07, 6.45) is 0. The van der Waals surface area contributed by atoms with E-state index in [4.69, 9.17) is 4.74 Å². The zero-order chi connectivity index (χ0) is 23.2. The number of carbonyl (C=O) groups excluding carboxylic acids is 3. The predicted molar refractivity (Wildman–Crippen MR) is 125 cm³/mol. The lowest BCUT2D eigenvalue weighted by molar-refractivity contribution is -0.383.